The minimum Gasteiger partial charge on any atom is -0.378 e. The van der Waals surface area contributed by atoms with E-state index in [4.69, 9.17) is 9.47 Å². The van der Waals surface area contributed by atoms with Crippen molar-refractivity contribution in [3.8, 4) is 0 Å². The van der Waals surface area contributed by atoms with Crippen molar-refractivity contribution in [1.82, 2.24) is 9.88 Å². The molecule has 3 aliphatic rings. The van der Waals surface area contributed by atoms with Crippen LogP contribution in [0.15, 0.2) is 18.3 Å². The molecule has 0 N–H and O–H groups in total. The quantitative estimate of drug-likeness (QED) is 0.830. The molecule has 1 saturated heterocycles. The number of carbonyl (C=O) groups is 1. The van der Waals surface area contributed by atoms with E-state index >= 15 is 0 Å². The lowest BCUT2D eigenvalue weighted by Gasteiger charge is -2.36. The summed E-state index contributed by atoms with van der Waals surface area (Å²) in [4.78, 5) is 19.5. The lowest BCUT2D eigenvalue weighted by Crippen LogP contribution is -2.49. The van der Waals surface area contributed by atoms with Gasteiger partial charge in [-0.3, -0.25) is 9.78 Å². The number of hydrogen-bond acceptors (Lipinski definition) is 4. The van der Waals surface area contributed by atoms with Gasteiger partial charge in [0.1, 0.15) is 0 Å². The van der Waals surface area contributed by atoms with Gasteiger partial charge in [0, 0.05) is 25.9 Å². The van der Waals surface area contributed by atoms with Crippen molar-refractivity contribution in [2.24, 2.45) is 5.92 Å². The number of nitrogens with zero attached hydrogens (tertiary/aromatic N) is 2. The van der Waals surface area contributed by atoms with Crippen molar-refractivity contribution < 1.29 is 14.3 Å². The normalized spacial score (nSPS) is 26.9. The highest BCUT2D eigenvalue weighted by Crippen LogP contribution is 2.32. The summed E-state index contributed by atoms with van der Waals surface area (Å²) in [5.41, 5.74) is 2.22. The van der Waals surface area contributed by atoms with E-state index in [1.807, 2.05) is 11.0 Å². The van der Waals surface area contributed by atoms with Gasteiger partial charge in [-0.2, -0.15) is 0 Å². The number of amides is 1. The van der Waals surface area contributed by atoms with Crippen LogP contribution in [0, 0.1) is 5.92 Å². The number of fused-ring (bicyclic) bond motifs is 1. The van der Waals surface area contributed by atoms with E-state index < -0.39 is 0 Å². The average Bonchev–Trinajstić information content (AvgIpc) is 3.45. The number of aryl methyl sites for hydroxylation is 1. The highest BCUT2D eigenvalue weighted by atomic mass is 16.5. The Hall–Kier alpha value is -1.46. The van der Waals surface area contributed by atoms with Crippen LogP contribution in [-0.4, -0.2) is 54.8 Å². The fraction of sp³-hybridized carbons (Fsp3) is 0.684. The molecule has 0 unspecified atom stereocenters. The maximum Gasteiger partial charge on any atom is 0.231 e. The second-order valence-corrected chi connectivity index (χ2v) is 7.25. The lowest BCUT2D eigenvalue weighted by atomic mass is 9.85. The Morgan fingerprint density at radius 1 is 1.33 bits per heavy atom. The smallest absolute Gasteiger partial charge is 0.231 e. The third kappa shape index (κ3) is 3.62. The molecule has 5 heteroatoms. The van der Waals surface area contributed by atoms with Gasteiger partial charge in [0.15, 0.2) is 0 Å². The highest BCUT2D eigenvalue weighted by Gasteiger charge is 2.34. The highest BCUT2D eigenvalue weighted by molar-refractivity contribution is 5.84. The van der Waals surface area contributed by atoms with Crippen LogP contribution in [0.25, 0.3) is 0 Å². The van der Waals surface area contributed by atoms with Gasteiger partial charge in [0.2, 0.25) is 5.91 Å². The van der Waals surface area contributed by atoms with Crippen LogP contribution in [0.4, 0.5) is 0 Å². The Labute approximate surface area is 143 Å². The molecule has 0 radical (unpaired) electrons. The van der Waals surface area contributed by atoms with Gasteiger partial charge >= 0.3 is 0 Å². The van der Waals surface area contributed by atoms with E-state index in [-0.39, 0.29) is 17.9 Å². The molecule has 4 rings (SSSR count). The summed E-state index contributed by atoms with van der Waals surface area (Å²) < 4.78 is 11.5. The van der Waals surface area contributed by atoms with E-state index in [2.05, 4.69) is 11.1 Å². The van der Waals surface area contributed by atoms with Crippen molar-refractivity contribution in [2.75, 3.05) is 32.9 Å². The van der Waals surface area contributed by atoms with Crippen molar-refractivity contribution in [3.63, 3.8) is 0 Å². The summed E-state index contributed by atoms with van der Waals surface area (Å²) >= 11 is 0. The summed E-state index contributed by atoms with van der Waals surface area (Å²) in [6, 6.07) is 4.07. The van der Waals surface area contributed by atoms with Gasteiger partial charge in [-0.15, -0.1) is 0 Å². The van der Waals surface area contributed by atoms with Crippen molar-refractivity contribution in [2.45, 2.75) is 44.1 Å². The second-order valence-electron chi connectivity index (χ2n) is 7.25. The average molecular weight is 330 g/mol. The molecule has 2 aliphatic carbocycles. The molecular formula is C19H26N2O3. The standard InChI is InChI=1S/C19H26N2O3/c22-19(17-5-1-3-15-4-2-8-20-18(15)17)21-9-10-24-16(11-21)13-23-12-14-6-7-14/h2,4,8,14,16-17H,1,3,5-7,9-13H2/t16-,17+/m1/s1. The fourth-order valence-corrected chi connectivity index (χ4v) is 3.74. The maximum atomic E-state index is 13.0. The topological polar surface area (TPSA) is 51.7 Å². The second kappa shape index (κ2) is 7.19. The minimum absolute atomic E-state index is 0.00763. The predicted octanol–water partition coefficient (Wildman–Crippen LogP) is 2.16. The first-order chi connectivity index (χ1) is 11.8. The number of carbonyl (C=O) groups excluding carboxylic acids is 1. The molecule has 24 heavy (non-hydrogen) atoms. The predicted molar refractivity (Wildman–Crippen MR) is 89.8 cm³/mol. The van der Waals surface area contributed by atoms with E-state index in [0.717, 1.165) is 37.5 Å². The first-order valence-electron chi connectivity index (χ1n) is 9.23. The summed E-state index contributed by atoms with van der Waals surface area (Å²) in [7, 11) is 0. The number of hydrogen-bond donors (Lipinski definition) is 0. The van der Waals surface area contributed by atoms with E-state index in [0.29, 0.717) is 26.3 Å². The third-order valence-electron chi connectivity index (χ3n) is 5.30. The Balaban J connectivity index is 1.37. The fourth-order valence-electron chi connectivity index (χ4n) is 3.74. The van der Waals surface area contributed by atoms with Gasteiger partial charge in [0.25, 0.3) is 0 Å². The summed E-state index contributed by atoms with van der Waals surface area (Å²) in [6.07, 6.45) is 7.41. The molecule has 0 spiro atoms. The zero-order chi connectivity index (χ0) is 16.4. The van der Waals surface area contributed by atoms with E-state index in [1.54, 1.807) is 6.20 Å². The number of pyridine rings is 1. The van der Waals surface area contributed by atoms with Crippen LogP contribution >= 0.6 is 0 Å². The first kappa shape index (κ1) is 16.0. The maximum absolute atomic E-state index is 13.0. The zero-order valence-corrected chi connectivity index (χ0v) is 14.2. The number of aromatic nitrogens is 1. The van der Waals surface area contributed by atoms with Crippen molar-refractivity contribution >= 4 is 5.91 Å². The Morgan fingerprint density at radius 2 is 2.25 bits per heavy atom. The lowest BCUT2D eigenvalue weighted by molar-refractivity contribution is -0.143. The zero-order valence-electron chi connectivity index (χ0n) is 14.2. The number of rotatable bonds is 5. The van der Waals surface area contributed by atoms with Crippen LogP contribution in [0.3, 0.4) is 0 Å². The van der Waals surface area contributed by atoms with Gasteiger partial charge in [-0.1, -0.05) is 6.07 Å². The monoisotopic (exact) mass is 330 g/mol. The van der Waals surface area contributed by atoms with Gasteiger partial charge in [0.05, 0.1) is 30.9 Å². The largest absolute Gasteiger partial charge is 0.378 e. The van der Waals surface area contributed by atoms with Crippen molar-refractivity contribution in [1.29, 1.82) is 0 Å². The summed E-state index contributed by atoms with van der Waals surface area (Å²) in [6.45, 7) is 3.36. The third-order valence-corrected chi connectivity index (χ3v) is 5.30. The molecule has 1 saturated carbocycles. The van der Waals surface area contributed by atoms with Crippen LogP contribution in [-0.2, 0) is 20.7 Å². The Kier molecular flexibility index (Phi) is 4.81. The van der Waals surface area contributed by atoms with Crippen molar-refractivity contribution in [3.05, 3.63) is 29.6 Å². The molecular weight excluding hydrogens is 304 g/mol. The molecule has 0 aromatic carbocycles. The molecule has 1 amide bonds. The SMILES string of the molecule is O=C([C@H]1CCCc2cccnc21)N1CCO[C@@H](COCC2CC2)C1. The summed E-state index contributed by atoms with van der Waals surface area (Å²) in [5, 5.41) is 0. The Morgan fingerprint density at radius 3 is 3.12 bits per heavy atom. The molecule has 5 nitrogen and oxygen atoms in total. The molecule has 0 bridgehead atoms. The molecule has 2 atom stereocenters. The number of ether oxygens (including phenoxy) is 2. The van der Waals surface area contributed by atoms with E-state index in [1.165, 1.54) is 18.4 Å². The van der Waals surface area contributed by atoms with Crippen LogP contribution in [0.1, 0.15) is 42.9 Å². The van der Waals surface area contributed by atoms with Gasteiger partial charge in [-0.05, 0) is 49.7 Å². The Bertz CT molecular complexity index is 588. The van der Waals surface area contributed by atoms with Crippen LogP contribution in [0.5, 0.6) is 0 Å². The van der Waals surface area contributed by atoms with Crippen LogP contribution in [0.2, 0.25) is 0 Å². The van der Waals surface area contributed by atoms with Gasteiger partial charge in [-0.25, -0.2) is 0 Å². The molecule has 1 aromatic heterocycles. The molecule has 2 heterocycles. The van der Waals surface area contributed by atoms with E-state index in [9.17, 15) is 4.79 Å². The molecule has 130 valence electrons. The number of morpholine rings is 1. The molecule has 2 fully saturated rings. The van der Waals surface area contributed by atoms with Gasteiger partial charge < -0.3 is 14.4 Å². The molecule has 1 aliphatic heterocycles. The molecule has 1 aromatic rings. The van der Waals surface area contributed by atoms with Crippen LogP contribution < -0.4 is 0 Å². The first-order valence-corrected chi connectivity index (χ1v) is 9.23. The minimum atomic E-state index is -0.0823. The summed E-state index contributed by atoms with van der Waals surface area (Å²) in [5.74, 6) is 0.891.